The number of carbonyl (C=O) groups excluding carboxylic acids is 2. The van der Waals surface area contributed by atoms with E-state index >= 15 is 8.78 Å². The van der Waals surface area contributed by atoms with Crippen LogP contribution >= 0.6 is 18.9 Å². The zero-order valence-corrected chi connectivity index (χ0v) is 20.4. The minimum absolute atomic E-state index is 0.0246. The lowest BCUT2D eigenvalue weighted by Crippen LogP contribution is -2.18. The van der Waals surface area contributed by atoms with Crippen molar-refractivity contribution in [3.63, 3.8) is 0 Å². The molecule has 184 valence electrons. The van der Waals surface area contributed by atoms with Gasteiger partial charge in [-0.05, 0) is 25.5 Å². The molecule has 1 aromatic carbocycles. The molecule has 0 saturated heterocycles. The van der Waals surface area contributed by atoms with Crippen molar-refractivity contribution >= 4 is 51.0 Å². The SMILES string of the molecule is CCOP(=O)(OOC)C(F)(F)c1sc2c(OCCCS(C)(=O)=O)cc(C(N)=O)cc2c1C=O. The first-order chi connectivity index (χ1) is 15.3. The number of sulfone groups is 1. The average Bonchev–Trinajstić information content (AvgIpc) is 3.10. The van der Waals surface area contributed by atoms with Gasteiger partial charge in [-0.3, -0.25) is 14.2 Å². The van der Waals surface area contributed by atoms with Gasteiger partial charge < -0.3 is 15.0 Å². The predicted octanol–water partition coefficient (Wildman–Crippen LogP) is 3.48. The van der Waals surface area contributed by atoms with E-state index in [1.54, 1.807) is 0 Å². The third kappa shape index (κ3) is 5.94. The summed E-state index contributed by atoms with van der Waals surface area (Å²) in [5.74, 6) is -1.19. The van der Waals surface area contributed by atoms with Gasteiger partial charge >= 0.3 is 13.3 Å². The molecule has 0 aliphatic rings. The van der Waals surface area contributed by atoms with Crippen LogP contribution in [0.25, 0.3) is 10.1 Å². The van der Waals surface area contributed by atoms with Crippen molar-refractivity contribution in [3.8, 4) is 5.75 Å². The number of hydrogen-bond donors (Lipinski definition) is 1. The maximum atomic E-state index is 15.4. The van der Waals surface area contributed by atoms with Gasteiger partial charge in [0, 0.05) is 22.8 Å². The van der Waals surface area contributed by atoms with E-state index in [2.05, 4.69) is 14.1 Å². The molecule has 1 unspecified atom stereocenters. The predicted molar refractivity (Wildman–Crippen MR) is 117 cm³/mol. The largest absolute Gasteiger partial charge is 0.492 e. The number of ether oxygens (including phenoxy) is 1. The Balaban J connectivity index is 2.67. The molecule has 33 heavy (non-hydrogen) atoms. The van der Waals surface area contributed by atoms with Crippen LogP contribution in [0.2, 0.25) is 0 Å². The fourth-order valence-electron chi connectivity index (χ4n) is 2.82. The van der Waals surface area contributed by atoms with Crippen LogP contribution in [0.1, 0.15) is 38.9 Å². The second-order valence-corrected chi connectivity index (χ2v) is 12.0. The monoisotopic (exact) mass is 529 g/mol. The van der Waals surface area contributed by atoms with E-state index in [0.717, 1.165) is 19.4 Å². The highest BCUT2D eigenvalue weighted by atomic mass is 32.2. The topological polar surface area (TPSA) is 148 Å². The van der Waals surface area contributed by atoms with E-state index in [4.69, 9.17) is 10.5 Å². The van der Waals surface area contributed by atoms with Gasteiger partial charge in [0.05, 0.1) is 35.7 Å². The van der Waals surface area contributed by atoms with Crippen LogP contribution in [-0.2, 0) is 34.2 Å². The summed E-state index contributed by atoms with van der Waals surface area (Å²) in [6, 6.07) is 2.32. The molecule has 2 N–H and O–H groups in total. The lowest BCUT2D eigenvalue weighted by molar-refractivity contribution is -0.199. The van der Waals surface area contributed by atoms with E-state index in [1.165, 1.54) is 13.0 Å². The second-order valence-electron chi connectivity index (χ2n) is 6.71. The summed E-state index contributed by atoms with van der Waals surface area (Å²) in [6.45, 7) is 0.779. The van der Waals surface area contributed by atoms with Crippen molar-refractivity contribution in [2.45, 2.75) is 19.0 Å². The van der Waals surface area contributed by atoms with E-state index in [0.29, 0.717) is 11.3 Å². The van der Waals surface area contributed by atoms with Gasteiger partial charge in [-0.1, -0.05) is 0 Å². The number of rotatable bonds is 13. The number of thiophene rings is 1. The third-order valence-corrected chi connectivity index (χ3v) is 8.54. The number of nitrogens with two attached hydrogens (primary N) is 1. The van der Waals surface area contributed by atoms with E-state index < -0.39 is 46.1 Å². The molecule has 2 aromatic rings. The van der Waals surface area contributed by atoms with Crippen molar-refractivity contribution in [2.24, 2.45) is 5.73 Å². The lowest BCUT2D eigenvalue weighted by atomic mass is 10.1. The van der Waals surface area contributed by atoms with Crippen LogP contribution in [0.4, 0.5) is 8.78 Å². The quantitative estimate of drug-likeness (QED) is 0.135. The molecular weight excluding hydrogens is 507 g/mol. The number of amides is 1. The Kier molecular flexibility index (Phi) is 8.71. The summed E-state index contributed by atoms with van der Waals surface area (Å²) in [7, 11) is -7.63. The first-order valence-electron chi connectivity index (χ1n) is 9.32. The number of halogens is 2. The molecular formula is C18H22F2NO9PS2. The van der Waals surface area contributed by atoms with Crippen molar-refractivity contribution in [3.05, 3.63) is 28.1 Å². The molecule has 0 bridgehead atoms. The highest BCUT2D eigenvalue weighted by Crippen LogP contribution is 2.68. The second kappa shape index (κ2) is 10.5. The van der Waals surface area contributed by atoms with Crippen molar-refractivity contribution in [2.75, 3.05) is 32.3 Å². The summed E-state index contributed by atoms with van der Waals surface area (Å²) in [5, 5.41) is -0.0976. The van der Waals surface area contributed by atoms with E-state index in [1.807, 2.05) is 0 Å². The van der Waals surface area contributed by atoms with Crippen LogP contribution in [0.3, 0.4) is 0 Å². The molecule has 0 fully saturated rings. The molecule has 10 nitrogen and oxygen atoms in total. The van der Waals surface area contributed by atoms with Crippen LogP contribution in [0, 0.1) is 0 Å². The number of fused-ring (bicyclic) bond motifs is 1. The standard InChI is InChI=1S/C18H22F2NO9PS2/c1-4-29-31(24,30-27-2)18(19,20)16-13(10-22)12-8-11(17(21)23)9-14(15(12)32-16)28-6-5-7-33(3,25)26/h8-10H,4-7H2,1-3H3,(H2,21,23). The summed E-state index contributed by atoms with van der Waals surface area (Å²) in [4.78, 5) is 26.8. The molecule has 0 saturated carbocycles. The Morgan fingerprint density at radius 1 is 1.33 bits per heavy atom. The first kappa shape index (κ1) is 27.3. The maximum Gasteiger partial charge on any atom is 0.432 e. The van der Waals surface area contributed by atoms with Gasteiger partial charge in [-0.15, -0.1) is 16.0 Å². The Labute approximate surface area is 192 Å². The maximum absolute atomic E-state index is 15.4. The summed E-state index contributed by atoms with van der Waals surface area (Å²) in [5.41, 5.74) is 0.297. The fraction of sp³-hybridized carbons (Fsp3) is 0.444. The molecule has 0 aliphatic carbocycles. The van der Waals surface area contributed by atoms with Gasteiger partial charge in [0.2, 0.25) is 5.91 Å². The highest BCUT2D eigenvalue weighted by Gasteiger charge is 2.58. The van der Waals surface area contributed by atoms with Crippen molar-refractivity contribution in [1.82, 2.24) is 0 Å². The number of aldehydes is 1. The fourth-order valence-corrected chi connectivity index (χ4v) is 6.23. The minimum Gasteiger partial charge on any atom is -0.492 e. The molecule has 0 radical (unpaired) electrons. The van der Waals surface area contributed by atoms with Crippen LogP contribution in [0.15, 0.2) is 12.1 Å². The number of hydrogen-bond acceptors (Lipinski definition) is 10. The number of carbonyl (C=O) groups is 2. The number of alkyl halides is 2. The summed E-state index contributed by atoms with van der Waals surface area (Å²) in [6.07, 6.45) is 1.24. The van der Waals surface area contributed by atoms with E-state index in [-0.39, 0.29) is 46.5 Å². The van der Waals surface area contributed by atoms with Crippen molar-refractivity contribution < 1.29 is 50.2 Å². The van der Waals surface area contributed by atoms with Gasteiger partial charge in [0.15, 0.2) is 6.29 Å². The molecule has 1 aromatic heterocycles. The Bertz CT molecular complexity index is 1190. The molecule has 1 heterocycles. The van der Waals surface area contributed by atoms with Gasteiger partial charge in [-0.2, -0.15) is 8.78 Å². The Morgan fingerprint density at radius 2 is 2.00 bits per heavy atom. The Morgan fingerprint density at radius 3 is 2.52 bits per heavy atom. The summed E-state index contributed by atoms with van der Waals surface area (Å²) < 4.78 is 80.6. The van der Waals surface area contributed by atoms with Crippen molar-refractivity contribution in [1.29, 1.82) is 0 Å². The average molecular weight is 529 g/mol. The van der Waals surface area contributed by atoms with Crippen LogP contribution < -0.4 is 10.5 Å². The van der Waals surface area contributed by atoms with Gasteiger partial charge in [0.1, 0.15) is 15.6 Å². The van der Waals surface area contributed by atoms with Crippen LogP contribution in [0.5, 0.6) is 5.75 Å². The first-order valence-corrected chi connectivity index (χ1v) is 13.7. The minimum atomic E-state index is -5.23. The molecule has 0 spiro atoms. The zero-order valence-electron chi connectivity index (χ0n) is 17.8. The van der Waals surface area contributed by atoms with Crippen LogP contribution in [-0.4, -0.2) is 52.9 Å². The molecule has 1 atom stereocenters. The van der Waals surface area contributed by atoms with Gasteiger partial charge in [0.25, 0.3) is 0 Å². The molecule has 1 amide bonds. The number of benzene rings is 1. The normalized spacial score (nSPS) is 14.2. The third-order valence-electron chi connectivity index (χ3n) is 4.20. The zero-order chi connectivity index (χ0) is 25.0. The molecule has 0 aliphatic heterocycles. The highest BCUT2D eigenvalue weighted by molar-refractivity contribution is 7.90. The lowest BCUT2D eigenvalue weighted by Gasteiger charge is -2.23. The summed E-state index contributed by atoms with van der Waals surface area (Å²) >= 11 is 0.380. The number of primary amides is 1. The molecule has 15 heteroatoms. The molecule has 2 rings (SSSR count). The van der Waals surface area contributed by atoms with Gasteiger partial charge in [-0.25, -0.2) is 13.3 Å². The Hall–Kier alpha value is -1.96. The van der Waals surface area contributed by atoms with E-state index in [9.17, 15) is 22.6 Å². The smallest absolute Gasteiger partial charge is 0.432 e.